The summed E-state index contributed by atoms with van der Waals surface area (Å²) in [4.78, 5) is 0. The van der Waals surface area contributed by atoms with Crippen LogP contribution < -0.4 is 10.6 Å². The molecule has 1 fully saturated rings. The van der Waals surface area contributed by atoms with Gasteiger partial charge in [-0.15, -0.1) is 0 Å². The highest BCUT2D eigenvalue weighted by Gasteiger charge is 2.34. The third-order valence-electron chi connectivity index (χ3n) is 3.50. The predicted octanol–water partition coefficient (Wildman–Crippen LogP) is 4.98. The first-order valence-corrected chi connectivity index (χ1v) is 7.60. The van der Waals surface area contributed by atoms with E-state index in [2.05, 4.69) is 10.6 Å². The van der Waals surface area contributed by atoms with E-state index in [0.29, 0.717) is 0 Å². The Morgan fingerprint density at radius 2 is 1.86 bits per heavy atom. The highest BCUT2D eigenvalue weighted by molar-refractivity contribution is 7.80. The normalized spacial score (nSPS) is 16.6. The molecule has 0 aliphatic heterocycles. The largest absolute Gasteiger partial charge is 0.418 e. The summed E-state index contributed by atoms with van der Waals surface area (Å²) in [6, 6.07) is 3.88. The number of hydrogen-bond donors (Lipinski definition) is 2. The van der Waals surface area contributed by atoms with Crippen molar-refractivity contribution in [2.75, 3.05) is 5.32 Å². The van der Waals surface area contributed by atoms with Crippen molar-refractivity contribution in [2.45, 2.75) is 44.3 Å². The maximum atomic E-state index is 13.0. The number of para-hydroxylation sites is 1. The van der Waals surface area contributed by atoms with Crippen molar-refractivity contribution in [2.24, 2.45) is 0 Å². The van der Waals surface area contributed by atoms with E-state index < -0.39 is 11.7 Å². The summed E-state index contributed by atoms with van der Waals surface area (Å²) >= 11 is 11.0. The van der Waals surface area contributed by atoms with Crippen LogP contribution in [0, 0.1) is 0 Å². The molecule has 2 N–H and O–H groups in total. The van der Waals surface area contributed by atoms with Gasteiger partial charge in [0.25, 0.3) is 0 Å². The van der Waals surface area contributed by atoms with Crippen molar-refractivity contribution in [1.82, 2.24) is 5.32 Å². The van der Waals surface area contributed by atoms with Gasteiger partial charge in [-0.05, 0) is 37.2 Å². The van der Waals surface area contributed by atoms with Crippen LogP contribution in [-0.2, 0) is 6.18 Å². The van der Waals surface area contributed by atoms with E-state index in [1.54, 1.807) is 0 Å². The van der Waals surface area contributed by atoms with Crippen LogP contribution in [0.25, 0.3) is 0 Å². The molecule has 0 unspecified atom stereocenters. The lowest BCUT2D eigenvalue weighted by Gasteiger charge is -2.25. The third kappa shape index (κ3) is 4.48. The summed E-state index contributed by atoms with van der Waals surface area (Å²) in [5.41, 5.74) is -1.01. The van der Waals surface area contributed by atoms with Gasteiger partial charge in [0.15, 0.2) is 5.11 Å². The topological polar surface area (TPSA) is 24.1 Å². The van der Waals surface area contributed by atoms with Crippen molar-refractivity contribution in [1.29, 1.82) is 0 Å². The summed E-state index contributed by atoms with van der Waals surface area (Å²) in [6.07, 6.45) is 0.905. The van der Waals surface area contributed by atoms with Gasteiger partial charge in [0.05, 0.1) is 16.3 Å². The van der Waals surface area contributed by atoms with Gasteiger partial charge < -0.3 is 10.6 Å². The van der Waals surface area contributed by atoms with Gasteiger partial charge in [-0.25, -0.2) is 0 Å². The van der Waals surface area contributed by atoms with Crippen LogP contribution >= 0.6 is 23.8 Å². The molecule has 0 saturated heterocycles. The number of halogens is 4. The molecule has 1 saturated carbocycles. The summed E-state index contributed by atoms with van der Waals surface area (Å²) in [5.74, 6) is 0. The molecule has 1 aromatic rings. The van der Waals surface area contributed by atoms with E-state index in [-0.39, 0.29) is 21.9 Å². The van der Waals surface area contributed by atoms with E-state index in [9.17, 15) is 13.2 Å². The SMILES string of the molecule is FC(F)(F)c1cccc(Cl)c1NC(=S)NC1CCCCC1. The first-order chi connectivity index (χ1) is 9.88. The summed E-state index contributed by atoms with van der Waals surface area (Å²) in [7, 11) is 0. The van der Waals surface area contributed by atoms with Gasteiger partial charge >= 0.3 is 6.18 Å². The van der Waals surface area contributed by atoms with Gasteiger partial charge in [0.1, 0.15) is 0 Å². The molecule has 2 rings (SSSR count). The molecule has 0 radical (unpaired) electrons. The van der Waals surface area contributed by atoms with E-state index in [1.165, 1.54) is 18.6 Å². The molecule has 7 heteroatoms. The fraction of sp³-hybridized carbons (Fsp3) is 0.500. The molecule has 1 aliphatic carbocycles. The second kappa shape index (κ2) is 6.83. The minimum Gasteiger partial charge on any atom is -0.360 e. The van der Waals surface area contributed by atoms with E-state index in [0.717, 1.165) is 31.7 Å². The number of anilines is 1. The molecule has 0 atom stereocenters. The highest BCUT2D eigenvalue weighted by atomic mass is 35.5. The van der Waals surface area contributed by atoms with Crippen LogP contribution in [0.2, 0.25) is 5.02 Å². The van der Waals surface area contributed by atoms with Gasteiger partial charge in [-0.1, -0.05) is 36.9 Å². The zero-order valence-electron chi connectivity index (χ0n) is 11.3. The lowest BCUT2D eigenvalue weighted by Crippen LogP contribution is -2.39. The zero-order valence-corrected chi connectivity index (χ0v) is 12.8. The maximum absolute atomic E-state index is 13.0. The first kappa shape index (κ1) is 16.4. The smallest absolute Gasteiger partial charge is 0.360 e. The Labute approximate surface area is 132 Å². The van der Waals surface area contributed by atoms with Gasteiger partial charge in [-0.2, -0.15) is 13.2 Å². The minimum atomic E-state index is -4.48. The Bertz CT molecular complexity index is 513. The zero-order chi connectivity index (χ0) is 15.5. The number of rotatable bonds is 2. The molecule has 0 aromatic heterocycles. The number of hydrogen-bond acceptors (Lipinski definition) is 1. The maximum Gasteiger partial charge on any atom is 0.418 e. The number of thiocarbonyl (C=S) groups is 1. The molecule has 0 spiro atoms. The molecule has 1 aliphatic rings. The number of alkyl halides is 3. The summed E-state index contributed by atoms with van der Waals surface area (Å²) < 4.78 is 38.9. The van der Waals surface area contributed by atoms with E-state index in [1.807, 2.05) is 0 Å². The Balaban J connectivity index is 2.09. The third-order valence-corrected chi connectivity index (χ3v) is 4.03. The average molecular weight is 337 g/mol. The lowest BCUT2D eigenvalue weighted by molar-refractivity contribution is -0.136. The molecule has 116 valence electrons. The Morgan fingerprint density at radius 1 is 1.19 bits per heavy atom. The summed E-state index contributed by atoms with van der Waals surface area (Å²) in [5, 5.41) is 5.85. The standard InChI is InChI=1S/C14H16ClF3N2S/c15-11-8-4-7-10(14(16,17)18)12(11)20-13(21)19-9-5-2-1-3-6-9/h4,7-9H,1-3,5-6H2,(H2,19,20,21). The quantitative estimate of drug-likeness (QED) is 0.745. The van der Waals surface area contributed by atoms with Crippen molar-refractivity contribution in [3.05, 3.63) is 28.8 Å². The van der Waals surface area contributed by atoms with E-state index >= 15 is 0 Å². The average Bonchev–Trinajstić information content (AvgIpc) is 2.41. The second-order valence-corrected chi connectivity index (χ2v) is 5.91. The van der Waals surface area contributed by atoms with E-state index in [4.69, 9.17) is 23.8 Å². The molecule has 0 heterocycles. The molecule has 0 bridgehead atoms. The monoisotopic (exact) mass is 336 g/mol. The number of nitrogens with one attached hydrogen (secondary N) is 2. The van der Waals surface area contributed by atoms with Gasteiger partial charge in [0.2, 0.25) is 0 Å². The molecule has 2 nitrogen and oxygen atoms in total. The van der Waals surface area contributed by atoms with Crippen molar-refractivity contribution in [3.8, 4) is 0 Å². The Morgan fingerprint density at radius 3 is 2.48 bits per heavy atom. The van der Waals surface area contributed by atoms with Crippen molar-refractivity contribution >= 4 is 34.6 Å². The lowest BCUT2D eigenvalue weighted by atomic mass is 9.96. The van der Waals surface area contributed by atoms with Gasteiger partial charge in [0, 0.05) is 6.04 Å². The molecular weight excluding hydrogens is 321 g/mol. The summed E-state index contributed by atoms with van der Waals surface area (Å²) in [6.45, 7) is 0. The minimum absolute atomic E-state index is 0.00220. The highest BCUT2D eigenvalue weighted by Crippen LogP contribution is 2.38. The van der Waals surface area contributed by atoms with Gasteiger partial charge in [-0.3, -0.25) is 0 Å². The predicted molar refractivity (Wildman–Crippen MR) is 82.7 cm³/mol. The Hall–Kier alpha value is -1.01. The van der Waals surface area contributed by atoms with Crippen molar-refractivity contribution in [3.63, 3.8) is 0 Å². The molecular formula is C14H16ClF3N2S. The van der Waals surface area contributed by atoms with Crippen LogP contribution in [0.3, 0.4) is 0 Å². The second-order valence-electron chi connectivity index (χ2n) is 5.09. The van der Waals surface area contributed by atoms with Crippen LogP contribution in [0.1, 0.15) is 37.7 Å². The van der Waals surface area contributed by atoms with Crippen molar-refractivity contribution < 1.29 is 13.2 Å². The number of benzene rings is 1. The first-order valence-electron chi connectivity index (χ1n) is 6.81. The Kier molecular flexibility index (Phi) is 5.32. The van der Waals surface area contributed by atoms with Crippen LogP contribution in [0.5, 0.6) is 0 Å². The van der Waals surface area contributed by atoms with Crippen LogP contribution in [-0.4, -0.2) is 11.2 Å². The molecule has 1 aromatic carbocycles. The molecule has 0 amide bonds. The fourth-order valence-electron chi connectivity index (χ4n) is 2.47. The molecule has 21 heavy (non-hydrogen) atoms. The van der Waals surface area contributed by atoms with Crippen LogP contribution in [0.15, 0.2) is 18.2 Å². The van der Waals surface area contributed by atoms with Crippen LogP contribution in [0.4, 0.5) is 18.9 Å². The fourth-order valence-corrected chi connectivity index (χ4v) is 2.96.